The molecule has 6 heteroatoms. The smallest absolute Gasteiger partial charge is 0.258 e. The number of carbonyl (C=O) groups is 1. The fourth-order valence-electron chi connectivity index (χ4n) is 3.20. The van der Waals surface area contributed by atoms with E-state index in [9.17, 15) is 4.79 Å². The molecule has 0 atom stereocenters. The van der Waals surface area contributed by atoms with Crippen LogP contribution in [0, 0.1) is 0 Å². The number of nitrogens with zero attached hydrogens (tertiary/aromatic N) is 3. The summed E-state index contributed by atoms with van der Waals surface area (Å²) in [6.45, 7) is 0.435. The third-order valence-electron chi connectivity index (χ3n) is 4.62. The third kappa shape index (κ3) is 3.21. The number of aromatic nitrogens is 2. The Morgan fingerprint density at radius 2 is 1.76 bits per heavy atom. The topological polar surface area (TPSA) is 77.6 Å². The van der Waals surface area contributed by atoms with Crippen LogP contribution >= 0.6 is 0 Å². The van der Waals surface area contributed by atoms with E-state index >= 15 is 0 Å². The summed E-state index contributed by atoms with van der Waals surface area (Å²) >= 11 is 0. The summed E-state index contributed by atoms with van der Waals surface area (Å²) in [7, 11) is 0. The Balaban J connectivity index is 1.53. The highest BCUT2D eigenvalue weighted by molar-refractivity contribution is 6.13. The van der Waals surface area contributed by atoms with Crippen molar-refractivity contribution in [3.8, 4) is 28.6 Å². The molecule has 6 nitrogen and oxygen atoms in total. The molecule has 0 bridgehead atoms. The lowest BCUT2D eigenvalue weighted by Gasteiger charge is -2.12. The highest BCUT2D eigenvalue weighted by atomic mass is 16.5. The van der Waals surface area contributed by atoms with Crippen molar-refractivity contribution < 1.29 is 14.1 Å². The Labute approximate surface area is 166 Å². The molecule has 0 radical (unpaired) electrons. The fourth-order valence-corrected chi connectivity index (χ4v) is 3.20. The Kier molecular flexibility index (Phi) is 4.22. The van der Waals surface area contributed by atoms with Gasteiger partial charge < -0.3 is 9.26 Å². The number of ether oxygens (including phenoxy) is 1. The monoisotopic (exact) mass is 381 g/mol. The van der Waals surface area contributed by atoms with Crippen molar-refractivity contribution in [2.75, 3.05) is 6.61 Å². The van der Waals surface area contributed by atoms with E-state index < -0.39 is 0 Å². The van der Waals surface area contributed by atoms with Gasteiger partial charge in [0.1, 0.15) is 18.0 Å². The van der Waals surface area contributed by atoms with Crippen molar-refractivity contribution >= 4 is 17.7 Å². The average Bonchev–Trinajstić information content (AvgIpc) is 3.29. The van der Waals surface area contributed by atoms with Crippen molar-refractivity contribution in [2.45, 2.75) is 0 Å². The van der Waals surface area contributed by atoms with Crippen molar-refractivity contribution in [1.82, 2.24) is 10.1 Å². The van der Waals surface area contributed by atoms with Gasteiger partial charge in [0, 0.05) is 22.9 Å². The highest BCUT2D eigenvalue weighted by Gasteiger charge is 2.20. The molecular formula is C23H15N3O3. The number of fused-ring (bicyclic) bond motifs is 1. The van der Waals surface area contributed by atoms with Crippen molar-refractivity contribution in [3.63, 3.8) is 0 Å². The van der Waals surface area contributed by atoms with Gasteiger partial charge in [-0.3, -0.25) is 9.79 Å². The Morgan fingerprint density at radius 1 is 0.931 bits per heavy atom. The first-order valence-corrected chi connectivity index (χ1v) is 9.12. The molecule has 1 aliphatic rings. The molecular weight excluding hydrogens is 366 g/mol. The SMILES string of the molecule is O=C(c1ccc2c(c1)N=CCO2)c1ccccc1-c1nc(-c2ccccc2)no1. The van der Waals surface area contributed by atoms with Gasteiger partial charge in [-0.15, -0.1) is 0 Å². The Bertz CT molecular complexity index is 1230. The molecule has 3 aromatic carbocycles. The first kappa shape index (κ1) is 17.1. The van der Waals surface area contributed by atoms with Gasteiger partial charge in [-0.2, -0.15) is 4.98 Å². The van der Waals surface area contributed by atoms with Crippen LogP contribution in [0.3, 0.4) is 0 Å². The maximum absolute atomic E-state index is 13.2. The van der Waals surface area contributed by atoms with Crippen LogP contribution in [0.5, 0.6) is 5.75 Å². The second kappa shape index (κ2) is 7.16. The molecule has 0 saturated carbocycles. The standard InChI is InChI=1S/C23H15N3O3/c27-21(16-10-11-20-19(14-16)24-12-13-28-20)17-8-4-5-9-18(17)23-25-22(26-29-23)15-6-2-1-3-7-15/h1-12,14H,13H2. The first-order valence-electron chi connectivity index (χ1n) is 9.12. The molecule has 0 N–H and O–H groups in total. The van der Waals surface area contributed by atoms with E-state index in [1.807, 2.05) is 42.5 Å². The molecule has 29 heavy (non-hydrogen) atoms. The van der Waals surface area contributed by atoms with Crippen LogP contribution in [0.25, 0.3) is 22.8 Å². The lowest BCUT2D eigenvalue weighted by molar-refractivity contribution is 0.103. The normalized spacial score (nSPS) is 12.3. The van der Waals surface area contributed by atoms with Gasteiger partial charge >= 0.3 is 0 Å². The second-order valence-corrected chi connectivity index (χ2v) is 6.47. The van der Waals surface area contributed by atoms with E-state index in [1.165, 1.54) is 0 Å². The summed E-state index contributed by atoms with van der Waals surface area (Å²) in [5.74, 6) is 1.29. The maximum Gasteiger partial charge on any atom is 0.258 e. The van der Waals surface area contributed by atoms with Crippen molar-refractivity contribution in [1.29, 1.82) is 0 Å². The molecule has 140 valence electrons. The van der Waals surface area contributed by atoms with Gasteiger partial charge in [-0.05, 0) is 24.3 Å². The van der Waals surface area contributed by atoms with E-state index in [0.717, 1.165) is 5.56 Å². The zero-order valence-electron chi connectivity index (χ0n) is 15.3. The lowest BCUT2D eigenvalue weighted by Crippen LogP contribution is -2.06. The molecule has 0 aliphatic carbocycles. The molecule has 1 aliphatic heterocycles. The predicted molar refractivity (Wildman–Crippen MR) is 109 cm³/mol. The number of carbonyl (C=O) groups excluding carboxylic acids is 1. The number of benzene rings is 3. The van der Waals surface area contributed by atoms with Gasteiger partial charge in [0.25, 0.3) is 5.89 Å². The summed E-state index contributed by atoms with van der Waals surface area (Å²) < 4.78 is 11.0. The fraction of sp³-hybridized carbons (Fsp3) is 0.0435. The molecule has 0 amide bonds. The minimum absolute atomic E-state index is 0.149. The van der Waals surface area contributed by atoms with Crippen LogP contribution in [-0.2, 0) is 0 Å². The molecule has 2 heterocycles. The quantitative estimate of drug-likeness (QED) is 0.478. The Morgan fingerprint density at radius 3 is 2.66 bits per heavy atom. The molecule has 0 unspecified atom stereocenters. The zero-order chi connectivity index (χ0) is 19.6. The van der Waals surface area contributed by atoms with Gasteiger partial charge in [0.2, 0.25) is 5.82 Å². The third-order valence-corrected chi connectivity index (χ3v) is 4.62. The number of rotatable bonds is 4. The van der Waals surface area contributed by atoms with Gasteiger partial charge in [-0.25, -0.2) is 0 Å². The van der Waals surface area contributed by atoms with Gasteiger partial charge in [-0.1, -0.05) is 53.7 Å². The number of ketones is 1. The minimum atomic E-state index is -0.149. The van der Waals surface area contributed by atoms with E-state index in [1.54, 1.807) is 36.5 Å². The largest absolute Gasteiger partial charge is 0.486 e. The van der Waals surface area contributed by atoms with Crippen LogP contribution in [-0.4, -0.2) is 28.7 Å². The average molecular weight is 381 g/mol. The van der Waals surface area contributed by atoms with Crippen LogP contribution in [0.1, 0.15) is 15.9 Å². The molecule has 0 saturated heterocycles. The Hall–Kier alpha value is -4.06. The first-order chi connectivity index (χ1) is 14.3. The van der Waals surface area contributed by atoms with E-state index in [-0.39, 0.29) is 5.78 Å². The summed E-state index contributed by atoms with van der Waals surface area (Å²) in [5.41, 5.74) is 3.07. The van der Waals surface area contributed by atoms with Crippen molar-refractivity contribution in [3.05, 3.63) is 83.9 Å². The summed E-state index contributed by atoms with van der Waals surface area (Å²) in [6, 6.07) is 22.0. The summed E-state index contributed by atoms with van der Waals surface area (Å²) in [4.78, 5) is 22.0. The molecule has 4 aromatic rings. The van der Waals surface area contributed by atoms with Crippen LogP contribution in [0.15, 0.2) is 82.3 Å². The van der Waals surface area contributed by atoms with E-state index in [0.29, 0.717) is 46.4 Å². The van der Waals surface area contributed by atoms with E-state index in [2.05, 4.69) is 15.1 Å². The predicted octanol–water partition coefficient (Wildman–Crippen LogP) is 4.73. The van der Waals surface area contributed by atoms with Crippen molar-refractivity contribution in [2.24, 2.45) is 4.99 Å². The molecule has 0 fully saturated rings. The van der Waals surface area contributed by atoms with Crippen LogP contribution in [0.2, 0.25) is 0 Å². The summed E-state index contributed by atoms with van der Waals surface area (Å²) in [6.07, 6.45) is 1.67. The summed E-state index contributed by atoms with van der Waals surface area (Å²) in [5, 5.41) is 4.06. The van der Waals surface area contributed by atoms with Gasteiger partial charge in [0.05, 0.1) is 5.56 Å². The van der Waals surface area contributed by atoms with E-state index in [4.69, 9.17) is 9.26 Å². The molecule has 0 spiro atoms. The number of hydrogen-bond donors (Lipinski definition) is 0. The molecule has 5 rings (SSSR count). The lowest BCUT2D eigenvalue weighted by atomic mass is 9.97. The van der Waals surface area contributed by atoms with Crippen LogP contribution in [0.4, 0.5) is 5.69 Å². The zero-order valence-corrected chi connectivity index (χ0v) is 15.3. The molecule has 1 aromatic heterocycles. The van der Waals surface area contributed by atoms with Crippen LogP contribution < -0.4 is 4.74 Å². The van der Waals surface area contributed by atoms with Gasteiger partial charge in [0.15, 0.2) is 5.78 Å². The number of aliphatic imine (C=N–C) groups is 1. The maximum atomic E-state index is 13.2. The minimum Gasteiger partial charge on any atom is -0.486 e. The second-order valence-electron chi connectivity index (χ2n) is 6.47. The highest BCUT2D eigenvalue weighted by Crippen LogP contribution is 2.32. The number of hydrogen-bond acceptors (Lipinski definition) is 6.